The van der Waals surface area contributed by atoms with Gasteiger partial charge < -0.3 is 15.7 Å². The zero-order valence-electron chi connectivity index (χ0n) is 13.0. The van der Waals surface area contributed by atoms with Crippen LogP contribution in [0.15, 0.2) is 29.6 Å². The van der Waals surface area contributed by atoms with E-state index in [1.165, 1.54) is 17.5 Å². The molecule has 1 heterocycles. The lowest BCUT2D eigenvalue weighted by Crippen LogP contribution is -2.14. The molecule has 0 aliphatic carbocycles. The number of hydrogen-bond donors (Lipinski definition) is 3. The van der Waals surface area contributed by atoms with Crippen LogP contribution in [0, 0.1) is 0 Å². The normalized spacial score (nSPS) is 10.2. The van der Waals surface area contributed by atoms with Gasteiger partial charge in [-0.3, -0.25) is 9.59 Å². The number of carbonyl (C=O) groups is 3. The lowest BCUT2D eigenvalue weighted by molar-refractivity contribution is -0.116. The molecule has 24 heavy (non-hydrogen) atoms. The highest BCUT2D eigenvalue weighted by Gasteiger charge is 2.13. The van der Waals surface area contributed by atoms with Crippen LogP contribution in [-0.2, 0) is 4.79 Å². The summed E-state index contributed by atoms with van der Waals surface area (Å²) in [6, 6.07) is 5.93. The van der Waals surface area contributed by atoms with E-state index >= 15 is 0 Å². The summed E-state index contributed by atoms with van der Waals surface area (Å²) in [5, 5.41) is 16.1. The summed E-state index contributed by atoms with van der Waals surface area (Å²) < 4.78 is 0. The number of carboxylic acid groups (broad SMARTS) is 1. The molecule has 0 spiro atoms. The Morgan fingerprint density at radius 1 is 1.25 bits per heavy atom. The third-order valence-electron chi connectivity index (χ3n) is 3.11. The van der Waals surface area contributed by atoms with Gasteiger partial charge in [-0.1, -0.05) is 19.4 Å². The van der Waals surface area contributed by atoms with E-state index < -0.39 is 11.9 Å². The number of aromatic nitrogens is 1. The first-order valence-corrected chi connectivity index (χ1v) is 8.27. The largest absolute Gasteiger partial charge is 0.478 e. The molecule has 3 N–H and O–H groups in total. The summed E-state index contributed by atoms with van der Waals surface area (Å²) in [6.45, 7) is 2.00. The molecule has 0 radical (unpaired) electrons. The van der Waals surface area contributed by atoms with Crippen LogP contribution in [0.3, 0.4) is 0 Å². The van der Waals surface area contributed by atoms with E-state index in [0.29, 0.717) is 17.2 Å². The molecular weight excluding hydrogens is 330 g/mol. The fourth-order valence-corrected chi connectivity index (χ4v) is 2.59. The van der Waals surface area contributed by atoms with E-state index in [1.807, 2.05) is 6.92 Å². The fraction of sp³-hybridized carbons (Fsp3) is 0.250. The van der Waals surface area contributed by atoms with Gasteiger partial charge in [0.25, 0.3) is 5.91 Å². The van der Waals surface area contributed by atoms with Crippen LogP contribution in [-0.4, -0.2) is 27.9 Å². The summed E-state index contributed by atoms with van der Waals surface area (Å²) in [4.78, 5) is 38.8. The van der Waals surface area contributed by atoms with Crippen LogP contribution >= 0.6 is 11.3 Å². The summed E-state index contributed by atoms with van der Waals surface area (Å²) >= 11 is 1.16. The van der Waals surface area contributed by atoms with Crippen molar-refractivity contribution in [2.24, 2.45) is 0 Å². The first-order chi connectivity index (χ1) is 11.5. The van der Waals surface area contributed by atoms with Crippen molar-refractivity contribution < 1.29 is 19.5 Å². The van der Waals surface area contributed by atoms with Crippen LogP contribution in [0.4, 0.5) is 10.8 Å². The zero-order chi connectivity index (χ0) is 17.5. The third kappa shape index (κ3) is 4.88. The monoisotopic (exact) mass is 347 g/mol. The summed E-state index contributed by atoms with van der Waals surface area (Å²) in [5.74, 6) is -1.67. The van der Waals surface area contributed by atoms with Crippen LogP contribution in [0.25, 0.3) is 0 Å². The number of carbonyl (C=O) groups excluding carboxylic acids is 2. The van der Waals surface area contributed by atoms with Gasteiger partial charge in [0.05, 0.1) is 5.56 Å². The first kappa shape index (κ1) is 17.6. The summed E-state index contributed by atoms with van der Waals surface area (Å²) in [6.07, 6.45) is 2.14. The Bertz CT molecular complexity index is 757. The van der Waals surface area contributed by atoms with E-state index in [4.69, 9.17) is 5.11 Å². The van der Waals surface area contributed by atoms with Gasteiger partial charge in [0.1, 0.15) is 5.69 Å². The maximum absolute atomic E-state index is 12.1. The Kier molecular flexibility index (Phi) is 6.02. The van der Waals surface area contributed by atoms with Gasteiger partial charge in [0.15, 0.2) is 5.13 Å². The van der Waals surface area contributed by atoms with Gasteiger partial charge in [0.2, 0.25) is 5.91 Å². The number of nitrogens with one attached hydrogen (secondary N) is 2. The minimum absolute atomic E-state index is 0.0787. The number of carboxylic acids is 1. The molecule has 0 saturated heterocycles. The minimum Gasteiger partial charge on any atom is -0.478 e. The number of aromatic carboxylic acids is 1. The first-order valence-electron chi connectivity index (χ1n) is 7.39. The van der Waals surface area contributed by atoms with Crippen molar-refractivity contribution in [2.75, 3.05) is 10.6 Å². The number of rotatable bonds is 7. The Morgan fingerprint density at radius 2 is 2.04 bits per heavy atom. The molecule has 2 aromatic rings. The lowest BCUT2D eigenvalue weighted by Gasteiger charge is -2.04. The van der Waals surface area contributed by atoms with E-state index in [1.54, 1.807) is 12.1 Å². The van der Waals surface area contributed by atoms with Crippen molar-refractivity contribution in [3.8, 4) is 0 Å². The second kappa shape index (κ2) is 8.21. The average Bonchev–Trinajstić information content (AvgIpc) is 3.01. The molecule has 8 heteroatoms. The molecule has 126 valence electrons. The molecule has 2 rings (SSSR count). The van der Waals surface area contributed by atoms with Gasteiger partial charge in [-0.25, -0.2) is 9.78 Å². The predicted octanol–water partition coefficient (Wildman–Crippen LogP) is 3.22. The molecule has 0 aliphatic heterocycles. The molecule has 0 aliphatic rings. The molecule has 1 aromatic heterocycles. The SMILES string of the molecule is CCCCC(=O)Nc1nc(C(=O)Nc2cccc(C(=O)O)c2)cs1. The van der Waals surface area contributed by atoms with Crippen LogP contribution in [0.5, 0.6) is 0 Å². The molecule has 1 aromatic carbocycles. The number of unbranched alkanes of at least 4 members (excludes halogenated alkanes) is 1. The van der Waals surface area contributed by atoms with Crippen molar-refractivity contribution >= 4 is 39.9 Å². The van der Waals surface area contributed by atoms with Gasteiger partial charge >= 0.3 is 5.97 Å². The van der Waals surface area contributed by atoms with E-state index in [0.717, 1.165) is 24.2 Å². The highest BCUT2D eigenvalue weighted by Crippen LogP contribution is 2.18. The fourth-order valence-electron chi connectivity index (χ4n) is 1.88. The van der Waals surface area contributed by atoms with Crippen molar-refractivity contribution in [1.82, 2.24) is 4.98 Å². The topological polar surface area (TPSA) is 108 Å². The maximum Gasteiger partial charge on any atom is 0.335 e. The Hall–Kier alpha value is -2.74. The number of anilines is 2. The molecular formula is C16H17N3O4S. The van der Waals surface area contributed by atoms with Crippen LogP contribution in [0.1, 0.15) is 47.0 Å². The Balaban J connectivity index is 1.99. The van der Waals surface area contributed by atoms with E-state index in [9.17, 15) is 14.4 Å². The average molecular weight is 347 g/mol. The van der Waals surface area contributed by atoms with Gasteiger partial charge in [-0.2, -0.15) is 0 Å². The number of nitrogens with zero attached hydrogens (tertiary/aromatic N) is 1. The summed E-state index contributed by atoms with van der Waals surface area (Å²) in [5.41, 5.74) is 0.600. The second-order valence-electron chi connectivity index (χ2n) is 5.03. The van der Waals surface area contributed by atoms with E-state index in [2.05, 4.69) is 15.6 Å². The Labute approximate surface area is 142 Å². The van der Waals surface area contributed by atoms with Crippen LogP contribution in [0.2, 0.25) is 0 Å². The molecule has 7 nitrogen and oxygen atoms in total. The van der Waals surface area contributed by atoms with Crippen molar-refractivity contribution in [3.63, 3.8) is 0 Å². The third-order valence-corrected chi connectivity index (χ3v) is 3.87. The number of amides is 2. The maximum atomic E-state index is 12.1. The molecule has 0 atom stereocenters. The predicted molar refractivity (Wildman–Crippen MR) is 91.6 cm³/mol. The van der Waals surface area contributed by atoms with Gasteiger partial charge in [-0.15, -0.1) is 11.3 Å². The van der Waals surface area contributed by atoms with Gasteiger partial charge in [-0.05, 0) is 24.6 Å². The Morgan fingerprint density at radius 3 is 2.75 bits per heavy atom. The van der Waals surface area contributed by atoms with Crippen LogP contribution < -0.4 is 10.6 Å². The minimum atomic E-state index is -1.07. The highest BCUT2D eigenvalue weighted by atomic mass is 32.1. The second-order valence-corrected chi connectivity index (χ2v) is 5.89. The number of benzene rings is 1. The number of thiazole rings is 1. The molecule has 0 saturated carbocycles. The molecule has 0 bridgehead atoms. The molecule has 0 unspecified atom stereocenters. The van der Waals surface area contributed by atoms with Gasteiger partial charge in [0, 0.05) is 17.5 Å². The van der Waals surface area contributed by atoms with E-state index in [-0.39, 0.29) is 17.2 Å². The molecule has 2 amide bonds. The summed E-state index contributed by atoms with van der Waals surface area (Å²) in [7, 11) is 0. The quantitative estimate of drug-likeness (QED) is 0.712. The standard InChI is InChI=1S/C16H17N3O4S/c1-2-3-7-13(20)19-16-18-12(9-24-16)14(21)17-11-6-4-5-10(8-11)15(22)23/h4-6,8-9H,2-3,7H2,1H3,(H,17,21)(H,22,23)(H,18,19,20). The van der Waals surface area contributed by atoms with Crippen molar-refractivity contribution in [3.05, 3.63) is 40.9 Å². The molecule has 0 fully saturated rings. The van der Waals surface area contributed by atoms with Crippen molar-refractivity contribution in [2.45, 2.75) is 26.2 Å². The van der Waals surface area contributed by atoms with Crippen molar-refractivity contribution in [1.29, 1.82) is 0 Å². The smallest absolute Gasteiger partial charge is 0.335 e. The lowest BCUT2D eigenvalue weighted by atomic mass is 10.2. The highest BCUT2D eigenvalue weighted by molar-refractivity contribution is 7.14. The number of hydrogen-bond acceptors (Lipinski definition) is 5. The zero-order valence-corrected chi connectivity index (χ0v) is 13.9.